The molecule has 1 heterocycles. The van der Waals surface area contributed by atoms with E-state index in [0.29, 0.717) is 12.6 Å². The molecule has 2 atom stereocenters. The minimum absolute atomic E-state index is 0.0271. The van der Waals surface area contributed by atoms with Gasteiger partial charge in [0.1, 0.15) is 0 Å². The minimum atomic E-state index is -0.0271. The van der Waals surface area contributed by atoms with Crippen LogP contribution in [0.5, 0.6) is 0 Å². The molecule has 2 rings (SSSR count). The molecule has 3 nitrogen and oxygen atoms in total. The second kappa shape index (κ2) is 7.10. The molecule has 19 heavy (non-hydrogen) atoms. The van der Waals surface area contributed by atoms with Gasteiger partial charge in [0.15, 0.2) is 0 Å². The summed E-state index contributed by atoms with van der Waals surface area (Å²) < 4.78 is 0. The SMILES string of the molecule is C=CC[C@H]1CC[C@@H](C(=O)NCCc2ccccc2)N1. The predicted octanol–water partition coefficient (Wildman–Crippen LogP) is 2.04. The van der Waals surface area contributed by atoms with Crippen LogP contribution >= 0.6 is 0 Å². The summed E-state index contributed by atoms with van der Waals surface area (Å²) >= 11 is 0. The number of hydrogen-bond acceptors (Lipinski definition) is 2. The maximum atomic E-state index is 12.0. The van der Waals surface area contributed by atoms with Gasteiger partial charge in [0.25, 0.3) is 0 Å². The summed E-state index contributed by atoms with van der Waals surface area (Å²) in [7, 11) is 0. The second-order valence-corrected chi connectivity index (χ2v) is 5.04. The van der Waals surface area contributed by atoms with Gasteiger partial charge in [-0.2, -0.15) is 0 Å². The van der Waals surface area contributed by atoms with Gasteiger partial charge >= 0.3 is 0 Å². The molecule has 0 aromatic heterocycles. The van der Waals surface area contributed by atoms with Crippen molar-refractivity contribution in [3.8, 4) is 0 Å². The van der Waals surface area contributed by atoms with Crippen LogP contribution in [-0.2, 0) is 11.2 Å². The fraction of sp³-hybridized carbons (Fsp3) is 0.438. The van der Waals surface area contributed by atoms with Gasteiger partial charge in [0, 0.05) is 12.6 Å². The van der Waals surface area contributed by atoms with E-state index in [0.717, 1.165) is 25.7 Å². The van der Waals surface area contributed by atoms with Crippen molar-refractivity contribution < 1.29 is 4.79 Å². The minimum Gasteiger partial charge on any atom is -0.354 e. The maximum absolute atomic E-state index is 12.0. The van der Waals surface area contributed by atoms with Crippen LogP contribution in [0.1, 0.15) is 24.8 Å². The molecule has 1 fully saturated rings. The van der Waals surface area contributed by atoms with Gasteiger partial charge in [-0.1, -0.05) is 36.4 Å². The van der Waals surface area contributed by atoms with Crippen molar-refractivity contribution in [1.82, 2.24) is 10.6 Å². The Morgan fingerprint density at radius 2 is 2.16 bits per heavy atom. The molecule has 1 aromatic carbocycles. The molecule has 0 bridgehead atoms. The first-order valence-corrected chi connectivity index (χ1v) is 6.98. The Morgan fingerprint density at radius 3 is 2.89 bits per heavy atom. The van der Waals surface area contributed by atoms with Gasteiger partial charge in [-0.15, -0.1) is 6.58 Å². The summed E-state index contributed by atoms with van der Waals surface area (Å²) in [5.74, 6) is 0.127. The van der Waals surface area contributed by atoms with E-state index in [1.165, 1.54) is 5.56 Å². The smallest absolute Gasteiger partial charge is 0.237 e. The molecule has 1 saturated heterocycles. The van der Waals surface area contributed by atoms with Crippen molar-refractivity contribution in [3.05, 3.63) is 48.6 Å². The standard InChI is InChI=1S/C16H22N2O/c1-2-6-14-9-10-15(18-14)16(19)17-12-11-13-7-4-3-5-8-13/h2-5,7-8,14-15,18H,1,6,9-12H2,(H,17,19)/t14-,15-/m0/s1. The monoisotopic (exact) mass is 258 g/mol. The molecule has 0 radical (unpaired) electrons. The third kappa shape index (κ3) is 4.21. The van der Waals surface area contributed by atoms with Crippen LogP contribution in [0.25, 0.3) is 0 Å². The lowest BCUT2D eigenvalue weighted by Crippen LogP contribution is -2.43. The van der Waals surface area contributed by atoms with Crippen molar-refractivity contribution in [3.63, 3.8) is 0 Å². The maximum Gasteiger partial charge on any atom is 0.237 e. The van der Waals surface area contributed by atoms with E-state index in [2.05, 4.69) is 29.3 Å². The topological polar surface area (TPSA) is 41.1 Å². The predicted molar refractivity (Wildman–Crippen MR) is 77.9 cm³/mol. The highest BCUT2D eigenvalue weighted by atomic mass is 16.2. The van der Waals surface area contributed by atoms with E-state index in [9.17, 15) is 4.79 Å². The molecule has 1 aliphatic rings. The lowest BCUT2D eigenvalue weighted by atomic mass is 10.1. The van der Waals surface area contributed by atoms with E-state index < -0.39 is 0 Å². The van der Waals surface area contributed by atoms with Crippen LogP contribution in [0.4, 0.5) is 0 Å². The van der Waals surface area contributed by atoms with Gasteiger partial charge < -0.3 is 10.6 Å². The molecular weight excluding hydrogens is 236 g/mol. The summed E-state index contributed by atoms with van der Waals surface area (Å²) in [6.45, 7) is 4.44. The van der Waals surface area contributed by atoms with Crippen molar-refractivity contribution in [2.75, 3.05) is 6.54 Å². The van der Waals surface area contributed by atoms with Crippen LogP contribution in [0, 0.1) is 0 Å². The summed E-state index contributed by atoms with van der Waals surface area (Å²) in [6, 6.07) is 10.6. The number of amides is 1. The quantitative estimate of drug-likeness (QED) is 0.767. The van der Waals surface area contributed by atoms with E-state index in [1.807, 2.05) is 24.3 Å². The largest absolute Gasteiger partial charge is 0.354 e. The highest BCUT2D eigenvalue weighted by Crippen LogP contribution is 2.15. The Morgan fingerprint density at radius 1 is 1.37 bits per heavy atom. The average molecular weight is 258 g/mol. The number of carbonyl (C=O) groups is 1. The zero-order chi connectivity index (χ0) is 13.5. The van der Waals surface area contributed by atoms with E-state index >= 15 is 0 Å². The summed E-state index contributed by atoms with van der Waals surface area (Å²) in [4.78, 5) is 12.0. The Hall–Kier alpha value is -1.61. The number of hydrogen-bond donors (Lipinski definition) is 2. The number of carbonyl (C=O) groups excluding carboxylic acids is 1. The van der Waals surface area contributed by atoms with Crippen molar-refractivity contribution in [1.29, 1.82) is 0 Å². The number of nitrogens with one attached hydrogen (secondary N) is 2. The van der Waals surface area contributed by atoms with Crippen LogP contribution in [-0.4, -0.2) is 24.5 Å². The third-order valence-corrected chi connectivity index (χ3v) is 3.56. The Bertz CT molecular complexity index is 416. The zero-order valence-corrected chi connectivity index (χ0v) is 11.3. The number of benzene rings is 1. The van der Waals surface area contributed by atoms with Gasteiger partial charge in [0.2, 0.25) is 5.91 Å². The molecule has 2 N–H and O–H groups in total. The third-order valence-electron chi connectivity index (χ3n) is 3.56. The molecule has 0 saturated carbocycles. The van der Waals surface area contributed by atoms with Crippen molar-refractivity contribution in [2.24, 2.45) is 0 Å². The highest BCUT2D eigenvalue weighted by Gasteiger charge is 2.27. The van der Waals surface area contributed by atoms with Gasteiger partial charge in [-0.25, -0.2) is 0 Å². The normalized spacial score (nSPS) is 22.1. The lowest BCUT2D eigenvalue weighted by molar-refractivity contribution is -0.122. The Labute approximate surface area is 115 Å². The first kappa shape index (κ1) is 13.8. The van der Waals surface area contributed by atoms with Crippen LogP contribution in [0.3, 0.4) is 0 Å². The van der Waals surface area contributed by atoms with Crippen LogP contribution in [0.15, 0.2) is 43.0 Å². The fourth-order valence-corrected chi connectivity index (χ4v) is 2.51. The molecule has 1 aromatic rings. The van der Waals surface area contributed by atoms with Gasteiger partial charge in [-0.3, -0.25) is 4.79 Å². The summed E-state index contributed by atoms with van der Waals surface area (Å²) in [6.07, 6.45) is 5.72. The van der Waals surface area contributed by atoms with E-state index in [1.54, 1.807) is 0 Å². The fourth-order valence-electron chi connectivity index (χ4n) is 2.51. The zero-order valence-electron chi connectivity index (χ0n) is 11.3. The van der Waals surface area contributed by atoms with E-state index in [4.69, 9.17) is 0 Å². The van der Waals surface area contributed by atoms with Crippen molar-refractivity contribution in [2.45, 2.75) is 37.8 Å². The number of rotatable bonds is 6. The molecule has 1 amide bonds. The summed E-state index contributed by atoms with van der Waals surface area (Å²) in [5.41, 5.74) is 1.26. The average Bonchev–Trinajstić information content (AvgIpc) is 2.89. The van der Waals surface area contributed by atoms with Crippen LogP contribution in [0.2, 0.25) is 0 Å². The second-order valence-electron chi connectivity index (χ2n) is 5.04. The van der Waals surface area contributed by atoms with E-state index in [-0.39, 0.29) is 11.9 Å². The highest BCUT2D eigenvalue weighted by molar-refractivity contribution is 5.82. The van der Waals surface area contributed by atoms with Gasteiger partial charge in [0.05, 0.1) is 6.04 Å². The lowest BCUT2D eigenvalue weighted by Gasteiger charge is -2.13. The van der Waals surface area contributed by atoms with Crippen molar-refractivity contribution >= 4 is 5.91 Å². The first-order chi connectivity index (χ1) is 9.29. The summed E-state index contributed by atoms with van der Waals surface area (Å²) in [5, 5.41) is 6.37. The Balaban J connectivity index is 1.69. The molecule has 0 aliphatic carbocycles. The Kier molecular flexibility index (Phi) is 5.16. The molecular formula is C16H22N2O. The molecule has 1 aliphatic heterocycles. The molecule has 0 spiro atoms. The van der Waals surface area contributed by atoms with Gasteiger partial charge in [-0.05, 0) is 31.2 Å². The van der Waals surface area contributed by atoms with Crippen LogP contribution < -0.4 is 10.6 Å². The first-order valence-electron chi connectivity index (χ1n) is 6.98. The molecule has 3 heteroatoms. The molecule has 0 unspecified atom stereocenters. The molecule has 102 valence electrons.